The molecule has 30 heavy (non-hydrogen) atoms. The summed E-state index contributed by atoms with van der Waals surface area (Å²) in [6.45, 7) is 6.66. The Balaban J connectivity index is 1.23. The smallest absolute Gasteiger partial charge is 0.119 e. The van der Waals surface area contributed by atoms with Gasteiger partial charge in [0.05, 0.1) is 0 Å². The van der Waals surface area contributed by atoms with Gasteiger partial charge in [0.2, 0.25) is 0 Å². The third-order valence-electron chi connectivity index (χ3n) is 8.89. The van der Waals surface area contributed by atoms with Gasteiger partial charge in [0, 0.05) is 0 Å². The molecule has 4 unspecified atom stereocenters. The van der Waals surface area contributed by atoms with Gasteiger partial charge in [-0.3, -0.25) is 0 Å². The molecule has 0 amide bonds. The molecule has 0 bridgehead atoms. The van der Waals surface area contributed by atoms with Gasteiger partial charge >= 0.3 is 0 Å². The lowest BCUT2D eigenvalue weighted by atomic mass is 9.60. The van der Waals surface area contributed by atoms with Gasteiger partial charge in [0.25, 0.3) is 0 Å². The van der Waals surface area contributed by atoms with Crippen LogP contribution in [-0.2, 0) is 0 Å². The number of ether oxygens (including phenoxy) is 1. The van der Waals surface area contributed by atoms with Crippen LogP contribution in [0.2, 0.25) is 0 Å². The van der Waals surface area contributed by atoms with Gasteiger partial charge in [-0.05, 0) is 111 Å². The van der Waals surface area contributed by atoms with E-state index >= 15 is 0 Å². The maximum Gasteiger partial charge on any atom is 0.119 e. The van der Waals surface area contributed by atoms with Crippen LogP contribution in [-0.4, -0.2) is 6.61 Å². The van der Waals surface area contributed by atoms with Crippen LogP contribution in [0.3, 0.4) is 0 Å². The van der Waals surface area contributed by atoms with Gasteiger partial charge < -0.3 is 4.74 Å². The standard InChI is InChI=1S/C29H44O/c1-3-5-6-22-7-8-28-21-27(14-13-26(28)20-22)25-11-9-23(10-12-25)24-15-17-29(18-16-24)30-19-4-2/h4,15-18,22-23,25-28H,2-3,5-14,19-21H2,1H3. The van der Waals surface area contributed by atoms with Crippen LogP contribution >= 0.6 is 0 Å². The van der Waals surface area contributed by atoms with Crippen LogP contribution < -0.4 is 4.74 Å². The van der Waals surface area contributed by atoms with E-state index in [-0.39, 0.29) is 0 Å². The molecule has 3 aliphatic rings. The molecular formula is C29H44O. The molecule has 0 aliphatic heterocycles. The van der Waals surface area contributed by atoms with Crippen LogP contribution in [0, 0.1) is 29.6 Å². The van der Waals surface area contributed by atoms with Crippen molar-refractivity contribution in [1.29, 1.82) is 0 Å². The average molecular weight is 409 g/mol. The molecule has 1 heteroatoms. The molecule has 0 heterocycles. The highest BCUT2D eigenvalue weighted by Crippen LogP contribution is 2.50. The number of fused-ring (bicyclic) bond motifs is 1. The fraction of sp³-hybridized carbons (Fsp3) is 0.724. The first kappa shape index (κ1) is 22.0. The van der Waals surface area contributed by atoms with Gasteiger partial charge in [-0.2, -0.15) is 0 Å². The molecule has 0 N–H and O–H groups in total. The summed E-state index contributed by atoms with van der Waals surface area (Å²) in [6, 6.07) is 8.88. The summed E-state index contributed by atoms with van der Waals surface area (Å²) in [5, 5.41) is 0. The molecule has 4 atom stereocenters. The second-order valence-corrected chi connectivity index (χ2v) is 10.7. The van der Waals surface area contributed by atoms with E-state index < -0.39 is 0 Å². The zero-order valence-corrected chi connectivity index (χ0v) is 19.4. The Morgan fingerprint density at radius 3 is 2.17 bits per heavy atom. The summed E-state index contributed by atoms with van der Waals surface area (Å²) in [6.07, 6.45) is 21.1. The van der Waals surface area contributed by atoms with E-state index in [0.29, 0.717) is 6.61 Å². The molecule has 0 saturated heterocycles. The first-order chi connectivity index (χ1) is 14.8. The highest BCUT2D eigenvalue weighted by atomic mass is 16.5. The Morgan fingerprint density at radius 1 is 0.833 bits per heavy atom. The fourth-order valence-electron chi connectivity index (χ4n) is 7.12. The highest BCUT2D eigenvalue weighted by Gasteiger charge is 2.38. The molecule has 166 valence electrons. The lowest BCUT2D eigenvalue weighted by Crippen LogP contribution is -2.34. The van der Waals surface area contributed by atoms with Gasteiger partial charge in [0.15, 0.2) is 0 Å². The van der Waals surface area contributed by atoms with Crippen molar-refractivity contribution in [2.75, 3.05) is 6.61 Å². The fourth-order valence-corrected chi connectivity index (χ4v) is 7.12. The maximum absolute atomic E-state index is 5.64. The summed E-state index contributed by atoms with van der Waals surface area (Å²) < 4.78 is 5.64. The quantitative estimate of drug-likeness (QED) is 0.391. The second-order valence-electron chi connectivity index (χ2n) is 10.7. The molecule has 3 fully saturated rings. The first-order valence-corrected chi connectivity index (χ1v) is 13.1. The Hall–Kier alpha value is -1.24. The van der Waals surface area contributed by atoms with E-state index in [1.54, 1.807) is 31.8 Å². The van der Waals surface area contributed by atoms with E-state index in [2.05, 4.69) is 37.8 Å². The minimum absolute atomic E-state index is 0.590. The highest BCUT2D eigenvalue weighted by molar-refractivity contribution is 5.29. The van der Waals surface area contributed by atoms with Gasteiger partial charge in [-0.25, -0.2) is 0 Å². The lowest BCUT2D eigenvalue weighted by Gasteiger charge is -2.45. The van der Waals surface area contributed by atoms with Crippen molar-refractivity contribution < 1.29 is 4.74 Å². The van der Waals surface area contributed by atoms with Crippen LogP contribution in [0.1, 0.15) is 102 Å². The molecule has 1 nitrogen and oxygen atoms in total. The maximum atomic E-state index is 5.64. The molecule has 3 saturated carbocycles. The Labute approximate surface area is 185 Å². The molecule has 1 aromatic rings. The summed E-state index contributed by atoms with van der Waals surface area (Å²) in [4.78, 5) is 0. The van der Waals surface area contributed by atoms with Crippen LogP contribution in [0.25, 0.3) is 0 Å². The van der Waals surface area contributed by atoms with Crippen molar-refractivity contribution in [3.05, 3.63) is 42.5 Å². The summed E-state index contributed by atoms with van der Waals surface area (Å²) in [5.41, 5.74) is 1.52. The number of hydrogen-bond donors (Lipinski definition) is 0. The van der Waals surface area contributed by atoms with E-state index in [9.17, 15) is 0 Å². The molecule has 0 radical (unpaired) electrons. The lowest BCUT2D eigenvalue weighted by molar-refractivity contribution is 0.0614. The predicted octanol–water partition coefficient (Wildman–Crippen LogP) is 8.55. The summed E-state index contributed by atoms with van der Waals surface area (Å²) in [7, 11) is 0. The number of rotatable bonds is 8. The topological polar surface area (TPSA) is 9.23 Å². The normalized spacial score (nSPS) is 34.2. The monoisotopic (exact) mass is 408 g/mol. The summed E-state index contributed by atoms with van der Waals surface area (Å²) in [5.74, 6) is 6.99. The SMILES string of the molecule is C=CCOc1ccc(C2CCC(C3CCC4CC(CCCC)CCC4C3)CC2)cc1. The third kappa shape index (κ3) is 5.51. The van der Waals surface area contributed by atoms with Gasteiger partial charge in [0.1, 0.15) is 12.4 Å². The van der Waals surface area contributed by atoms with Crippen LogP contribution in [0.4, 0.5) is 0 Å². The minimum atomic E-state index is 0.590. The number of unbranched alkanes of at least 4 members (excludes halogenated alkanes) is 1. The molecule has 4 rings (SSSR count). The van der Waals surface area contributed by atoms with Crippen molar-refractivity contribution in [2.24, 2.45) is 29.6 Å². The first-order valence-electron chi connectivity index (χ1n) is 13.1. The second kappa shape index (κ2) is 10.9. The average Bonchev–Trinajstić information content (AvgIpc) is 2.81. The van der Waals surface area contributed by atoms with Crippen molar-refractivity contribution in [3.63, 3.8) is 0 Å². The van der Waals surface area contributed by atoms with E-state index in [1.165, 1.54) is 63.4 Å². The Kier molecular flexibility index (Phi) is 7.96. The van der Waals surface area contributed by atoms with E-state index in [4.69, 9.17) is 4.74 Å². The minimum Gasteiger partial charge on any atom is -0.490 e. The molecule has 0 aromatic heterocycles. The molecule has 3 aliphatic carbocycles. The van der Waals surface area contributed by atoms with Crippen molar-refractivity contribution >= 4 is 0 Å². The Bertz CT molecular complexity index is 639. The molecule has 1 aromatic carbocycles. The molecule has 0 spiro atoms. The molecular weight excluding hydrogens is 364 g/mol. The van der Waals surface area contributed by atoms with Crippen LogP contribution in [0.5, 0.6) is 5.75 Å². The van der Waals surface area contributed by atoms with E-state index in [1.807, 2.05) is 0 Å². The third-order valence-corrected chi connectivity index (χ3v) is 8.89. The number of hydrogen-bond acceptors (Lipinski definition) is 1. The zero-order valence-electron chi connectivity index (χ0n) is 19.4. The van der Waals surface area contributed by atoms with Gasteiger partial charge in [-0.15, -0.1) is 0 Å². The summed E-state index contributed by atoms with van der Waals surface area (Å²) >= 11 is 0. The van der Waals surface area contributed by atoms with Crippen molar-refractivity contribution in [2.45, 2.75) is 96.3 Å². The number of benzene rings is 1. The van der Waals surface area contributed by atoms with Crippen LogP contribution in [0.15, 0.2) is 36.9 Å². The van der Waals surface area contributed by atoms with Gasteiger partial charge in [-0.1, -0.05) is 57.4 Å². The van der Waals surface area contributed by atoms with Crippen molar-refractivity contribution in [3.8, 4) is 5.75 Å². The Morgan fingerprint density at radius 2 is 1.47 bits per heavy atom. The van der Waals surface area contributed by atoms with E-state index in [0.717, 1.165) is 41.3 Å². The largest absolute Gasteiger partial charge is 0.490 e. The zero-order chi connectivity index (χ0) is 20.8. The van der Waals surface area contributed by atoms with Crippen molar-refractivity contribution in [1.82, 2.24) is 0 Å². The predicted molar refractivity (Wildman–Crippen MR) is 128 cm³/mol.